The van der Waals surface area contributed by atoms with E-state index in [4.69, 9.17) is 9.47 Å². The number of ether oxygens (including phenoxy) is 2. The van der Waals surface area contributed by atoms with E-state index in [0.29, 0.717) is 22.3 Å². The van der Waals surface area contributed by atoms with E-state index >= 15 is 0 Å². The number of thioether (sulfide) groups is 1. The minimum atomic E-state index is -1.40. The summed E-state index contributed by atoms with van der Waals surface area (Å²) < 4.78 is 26.8. The van der Waals surface area contributed by atoms with Gasteiger partial charge in [0.2, 0.25) is 5.91 Å². The molecule has 0 radical (unpaired) electrons. The second-order valence-corrected chi connectivity index (χ2v) is 11.6. The Labute approximate surface area is 232 Å². The van der Waals surface area contributed by atoms with Crippen LogP contribution in [-0.2, 0) is 14.3 Å². The lowest BCUT2D eigenvalue weighted by Gasteiger charge is -2.45. The normalized spacial score (nSPS) is 28.2. The van der Waals surface area contributed by atoms with Gasteiger partial charge in [0.15, 0.2) is 0 Å². The first kappa shape index (κ1) is 29.3. The number of halogens is 2. The molecule has 6 atom stereocenters. The van der Waals surface area contributed by atoms with Gasteiger partial charge in [-0.1, -0.05) is 11.3 Å². The van der Waals surface area contributed by atoms with Gasteiger partial charge in [-0.25, -0.2) is 9.07 Å². The summed E-state index contributed by atoms with van der Waals surface area (Å²) in [5, 5.41) is 50.8. The van der Waals surface area contributed by atoms with Crippen molar-refractivity contribution in [3.05, 3.63) is 34.7 Å². The molecule has 2 aliphatic rings. The summed E-state index contributed by atoms with van der Waals surface area (Å²) in [5.74, 6) is -0.819. The second-order valence-electron chi connectivity index (χ2n) is 9.49. The molecule has 1 aromatic heterocycles. The summed E-state index contributed by atoms with van der Waals surface area (Å²) in [6.07, 6.45) is -1.98. The minimum Gasteiger partial charge on any atom is -0.394 e. The van der Waals surface area contributed by atoms with Crippen LogP contribution >= 0.6 is 27.7 Å². The third kappa shape index (κ3) is 5.92. The highest BCUT2D eigenvalue weighted by molar-refractivity contribution is 9.10. The van der Waals surface area contributed by atoms with Crippen LogP contribution in [0.15, 0.2) is 28.9 Å². The molecule has 2 aliphatic heterocycles. The van der Waals surface area contributed by atoms with E-state index in [1.54, 1.807) is 13.1 Å². The minimum absolute atomic E-state index is 0.225. The fourth-order valence-corrected chi connectivity index (χ4v) is 6.42. The van der Waals surface area contributed by atoms with Crippen LogP contribution in [0, 0.1) is 5.82 Å². The van der Waals surface area contributed by atoms with Crippen molar-refractivity contribution in [2.75, 3.05) is 33.4 Å². The fourth-order valence-electron chi connectivity index (χ4n) is 4.59. The number of aromatic nitrogens is 3. The van der Waals surface area contributed by atoms with Gasteiger partial charge in [0.25, 0.3) is 0 Å². The van der Waals surface area contributed by atoms with E-state index in [9.17, 15) is 29.6 Å². The molecule has 14 heteroatoms. The van der Waals surface area contributed by atoms with Gasteiger partial charge in [-0.05, 0) is 35.0 Å². The Kier molecular flexibility index (Phi) is 9.46. The monoisotopic (exact) mass is 618 g/mol. The summed E-state index contributed by atoms with van der Waals surface area (Å²) in [6, 6.07) is 3.34. The van der Waals surface area contributed by atoms with Crippen LogP contribution in [0.25, 0.3) is 11.3 Å². The van der Waals surface area contributed by atoms with Crippen molar-refractivity contribution < 1.29 is 39.1 Å². The van der Waals surface area contributed by atoms with Gasteiger partial charge < -0.3 is 34.8 Å². The van der Waals surface area contributed by atoms with Gasteiger partial charge in [-0.15, -0.1) is 16.9 Å². The smallest absolute Gasteiger partial charge is 0.238 e. The first-order valence-corrected chi connectivity index (χ1v) is 14.0. The van der Waals surface area contributed by atoms with Gasteiger partial charge >= 0.3 is 0 Å². The maximum atomic E-state index is 14.1. The number of hydrogen-bond acceptors (Lipinski definition) is 10. The van der Waals surface area contributed by atoms with Crippen molar-refractivity contribution in [3.8, 4) is 11.3 Å². The van der Waals surface area contributed by atoms with Crippen molar-refractivity contribution >= 4 is 33.6 Å². The van der Waals surface area contributed by atoms with Crippen molar-refractivity contribution in [1.29, 1.82) is 0 Å². The van der Waals surface area contributed by atoms with Gasteiger partial charge in [0, 0.05) is 45.2 Å². The predicted molar refractivity (Wildman–Crippen MR) is 140 cm³/mol. The van der Waals surface area contributed by atoms with Gasteiger partial charge in [-0.2, -0.15) is 0 Å². The van der Waals surface area contributed by atoms with Crippen LogP contribution in [0.5, 0.6) is 0 Å². The number of hydrogen-bond donors (Lipinski definition) is 4. The first-order chi connectivity index (χ1) is 18.1. The molecule has 0 spiro atoms. The van der Waals surface area contributed by atoms with E-state index in [1.807, 2.05) is 6.92 Å². The maximum absolute atomic E-state index is 14.1. The number of carbonyl (C=O) groups is 1. The van der Waals surface area contributed by atoms with E-state index in [2.05, 4.69) is 26.2 Å². The molecular weight excluding hydrogens is 587 g/mol. The molecule has 38 heavy (non-hydrogen) atoms. The molecule has 2 aromatic rings. The van der Waals surface area contributed by atoms with E-state index in [1.165, 1.54) is 27.9 Å². The van der Waals surface area contributed by atoms with Crippen LogP contribution in [0.3, 0.4) is 0 Å². The molecule has 1 amide bonds. The van der Waals surface area contributed by atoms with E-state index in [0.717, 1.165) is 11.8 Å². The standard InChI is InChI=1S/C24H32BrFN4O7S/c1-3-29(2)22(34)21(24(35)6-8-36-9-7-24)38-23-20(33)18(19(32)17(12-31)37-23)30-11-16(27-28-30)13-4-5-14(25)15(26)10-13/h4-5,10-11,17-21,23,31-33,35H,3,6-9,12H2,1-2H3/t17-,18+,19+,20-,21?,23+/m1/s1. The molecular formula is C24H32BrFN4O7S. The lowest BCUT2D eigenvalue weighted by Crippen LogP contribution is -2.58. The van der Waals surface area contributed by atoms with Crippen LogP contribution in [-0.4, -0.2) is 114 Å². The number of aliphatic hydroxyl groups is 4. The molecule has 11 nitrogen and oxygen atoms in total. The Bertz CT molecular complexity index is 1120. The Morgan fingerprint density at radius 3 is 2.68 bits per heavy atom. The SMILES string of the molecule is CCN(C)C(=O)C(S[C@@H]1O[C@H](CO)[C@H](O)[C@H](n2cc(-c3ccc(Br)c(F)c3)nn2)[C@H]1O)C1(O)CCOCC1. The zero-order valence-electron chi connectivity index (χ0n) is 21.0. The van der Waals surface area contributed by atoms with Crippen LogP contribution in [0.1, 0.15) is 25.8 Å². The molecule has 210 valence electrons. The van der Waals surface area contributed by atoms with Crippen molar-refractivity contribution in [1.82, 2.24) is 19.9 Å². The summed E-state index contributed by atoms with van der Waals surface area (Å²) in [7, 11) is 1.63. The zero-order chi connectivity index (χ0) is 27.6. The molecule has 4 rings (SSSR count). The maximum Gasteiger partial charge on any atom is 0.238 e. The molecule has 0 saturated carbocycles. The van der Waals surface area contributed by atoms with E-state index < -0.39 is 53.1 Å². The largest absolute Gasteiger partial charge is 0.394 e. The Hall–Kier alpha value is -1.65. The summed E-state index contributed by atoms with van der Waals surface area (Å²) >= 11 is 4.06. The predicted octanol–water partition coefficient (Wildman–Crippen LogP) is 0.948. The van der Waals surface area contributed by atoms with E-state index in [-0.39, 0.29) is 32.0 Å². The van der Waals surface area contributed by atoms with Crippen LogP contribution in [0.2, 0.25) is 0 Å². The zero-order valence-corrected chi connectivity index (χ0v) is 23.4. The lowest BCUT2D eigenvalue weighted by molar-refractivity contribution is -0.179. The Morgan fingerprint density at radius 1 is 1.34 bits per heavy atom. The molecule has 1 unspecified atom stereocenters. The summed E-state index contributed by atoms with van der Waals surface area (Å²) in [4.78, 5) is 14.8. The number of aliphatic hydroxyl groups excluding tert-OH is 3. The number of nitrogens with zero attached hydrogens (tertiary/aromatic N) is 4. The summed E-state index contributed by atoms with van der Waals surface area (Å²) in [5.41, 5.74) is -1.77. The Balaban J connectivity index is 1.63. The van der Waals surface area contributed by atoms with Gasteiger partial charge in [-0.3, -0.25) is 4.79 Å². The molecule has 4 N–H and O–H groups in total. The second kappa shape index (κ2) is 12.3. The molecule has 0 aliphatic carbocycles. The highest BCUT2D eigenvalue weighted by Gasteiger charge is 2.51. The quantitative estimate of drug-likeness (QED) is 0.337. The molecule has 2 saturated heterocycles. The van der Waals surface area contributed by atoms with Gasteiger partial charge in [0.1, 0.15) is 46.6 Å². The molecule has 2 fully saturated rings. The summed E-state index contributed by atoms with van der Waals surface area (Å²) in [6.45, 7) is 2.23. The molecule has 1 aromatic carbocycles. The number of rotatable bonds is 8. The average molecular weight is 620 g/mol. The van der Waals surface area contributed by atoms with Crippen molar-refractivity contribution in [3.63, 3.8) is 0 Å². The molecule has 0 bridgehead atoms. The number of carbonyl (C=O) groups excluding carboxylic acids is 1. The van der Waals surface area contributed by atoms with Crippen LogP contribution in [0.4, 0.5) is 4.39 Å². The highest BCUT2D eigenvalue weighted by Crippen LogP contribution is 2.42. The lowest BCUT2D eigenvalue weighted by atomic mass is 9.89. The average Bonchev–Trinajstić information content (AvgIpc) is 3.39. The van der Waals surface area contributed by atoms with Crippen molar-refractivity contribution in [2.24, 2.45) is 0 Å². The van der Waals surface area contributed by atoms with Crippen LogP contribution < -0.4 is 0 Å². The first-order valence-electron chi connectivity index (χ1n) is 12.3. The third-order valence-corrected chi connectivity index (χ3v) is 9.29. The number of amides is 1. The number of benzene rings is 1. The topological polar surface area (TPSA) is 150 Å². The fraction of sp³-hybridized carbons (Fsp3) is 0.625. The highest BCUT2D eigenvalue weighted by atomic mass is 79.9. The molecule has 3 heterocycles. The Morgan fingerprint density at radius 2 is 2.05 bits per heavy atom. The van der Waals surface area contributed by atoms with Gasteiger partial charge in [0.05, 0.1) is 22.9 Å². The third-order valence-electron chi connectivity index (χ3n) is 7.07. The van der Waals surface area contributed by atoms with Crippen molar-refractivity contribution in [2.45, 2.75) is 60.4 Å².